The Hall–Kier alpha value is -0.160. The van der Waals surface area contributed by atoms with Crippen LogP contribution in [0.5, 0.6) is 0 Å². The van der Waals surface area contributed by atoms with Gasteiger partial charge < -0.3 is 20.6 Å². The summed E-state index contributed by atoms with van der Waals surface area (Å²) in [6.45, 7) is 4.11. The molecule has 0 spiro atoms. The molecular formula is C8H19NO3. The number of aliphatic hydroxyl groups is 3. The molecule has 0 aliphatic carbocycles. The molecule has 4 heteroatoms. The van der Waals surface area contributed by atoms with Gasteiger partial charge in [-0.3, -0.25) is 0 Å². The van der Waals surface area contributed by atoms with Crippen molar-refractivity contribution >= 4 is 0 Å². The van der Waals surface area contributed by atoms with E-state index in [0.717, 1.165) is 0 Å². The minimum Gasteiger partial charge on any atom is -0.396 e. The van der Waals surface area contributed by atoms with Gasteiger partial charge in [-0.05, 0) is 12.8 Å². The highest BCUT2D eigenvalue weighted by Gasteiger charge is 2.21. The van der Waals surface area contributed by atoms with Gasteiger partial charge in [0.2, 0.25) is 0 Å². The number of hydrogen-bond acceptors (Lipinski definition) is 4. The lowest BCUT2D eigenvalue weighted by molar-refractivity contribution is 0.0970. The van der Waals surface area contributed by atoms with Crippen LogP contribution in [0.1, 0.15) is 13.8 Å². The Morgan fingerprint density at radius 1 is 1.25 bits per heavy atom. The first kappa shape index (κ1) is 11.8. The quantitative estimate of drug-likeness (QED) is 0.417. The average molecular weight is 177 g/mol. The van der Waals surface area contributed by atoms with E-state index in [1.807, 2.05) is 6.92 Å². The van der Waals surface area contributed by atoms with Gasteiger partial charge in [0, 0.05) is 13.2 Å². The Balaban J connectivity index is 3.72. The van der Waals surface area contributed by atoms with E-state index in [1.54, 1.807) is 6.92 Å². The third-order valence-corrected chi connectivity index (χ3v) is 1.89. The Kier molecular flexibility index (Phi) is 5.41. The first-order chi connectivity index (χ1) is 5.58. The van der Waals surface area contributed by atoms with Crippen LogP contribution in [0.15, 0.2) is 0 Å². The van der Waals surface area contributed by atoms with Crippen molar-refractivity contribution in [2.24, 2.45) is 5.92 Å². The molecule has 0 aliphatic rings. The van der Waals surface area contributed by atoms with Gasteiger partial charge in [-0.2, -0.15) is 0 Å². The second-order valence-corrected chi connectivity index (χ2v) is 3.55. The van der Waals surface area contributed by atoms with Gasteiger partial charge in [-0.25, -0.2) is 0 Å². The summed E-state index contributed by atoms with van der Waals surface area (Å²) in [6.07, 6.45) is 0. The van der Waals surface area contributed by atoms with Crippen molar-refractivity contribution in [2.45, 2.75) is 19.4 Å². The van der Waals surface area contributed by atoms with Crippen molar-refractivity contribution in [2.75, 3.05) is 26.4 Å². The maximum absolute atomic E-state index is 8.89. The highest BCUT2D eigenvalue weighted by Crippen LogP contribution is 2.01. The minimum absolute atomic E-state index is 0.109. The van der Waals surface area contributed by atoms with E-state index >= 15 is 0 Å². The van der Waals surface area contributed by atoms with Crippen LogP contribution in [0, 0.1) is 5.92 Å². The second-order valence-electron chi connectivity index (χ2n) is 3.55. The van der Waals surface area contributed by atoms with Crippen molar-refractivity contribution in [3.8, 4) is 0 Å². The molecule has 0 aliphatic heterocycles. The smallest absolute Gasteiger partial charge is 0.0633 e. The lowest BCUT2D eigenvalue weighted by Crippen LogP contribution is -2.50. The average Bonchev–Trinajstić information content (AvgIpc) is 2.13. The summed E-state index contributed by atoms with van der Waals surface area (Å²) in [5, 5.41) is 29.5. The zero-order chi connectivity index (χ0) is 9.61. The molecule has 74 valence electrons. The van der Waals surface area contributed by atoms with Gasteiger partial charge >= 0.3 is 0 Å². The zero-order valence-corrected chi connectivity index (χ0v) is 7.75. The lowest BCUT2D eigenvalue weighted by atomic mass is 10.0. The molecule has 0 bridgehead atoms. The molecular weight excluding hydrogens is 158 g/mol. The molecule has 0 aromatic rings. The molecule has 0 aromatic heterocycles. The number of nitrogens with one attached hydrogen (secondary N) is 1. The largest absolute Gasteiger partial charge is 0.396 e. The highest BCUT2D eigenvalue weighted by molar-refractivity contribution is 4.81. The Morgan fingerprint density at radius 2 is 1.75 bits per heavy atom. The van der Waals surface area contributed by atoms with Crippen molar-refractivity contribution in [1.29, 1.82) is 0 Å². The van der Waals surface area contributed by atoms with E-state index in [9.17, 15) is 0 Å². The summed E-state index contributed by atoms with van der Waals surface area (Å²) in [7, 11) is 0. The van der Waals surface area contributed by atoms with Crippen molar-refractivity contribution in [3.63, 3.8) is 0 Å². The number of rotatable bonds is 6. The SMILES string of the molecule is CC(CO)CNC(C)(CO)CO. The Labute approximate surface area is 73.2 Å². The molecule has 4 nitrogen and oxygen atoms in total. The van der Waals surface area contributed by atoms with E-state index in [0.29, 0.717) is 6.54 Å². The maximum atomic E-state index is 8.89. The number of aliphatic hydroxyl groups excluding tert-OH is 3. The lowest BCUT2D eigenvalue weighted by Gasteiger charge is -2.27. The second kappa shape index (κ2) is 5.48. The molecule has 0 fully saturated rings. The van der Waals surface area contributed by atoms with Gasteiger partial charge in [0.05, 0.1) is 18.8 Å². The van der Waals surface area contributed by atoms with Crippen LogP contribution in [0.3, 0.4) is 0 Å². The molecule has 0 aromatic carbocycles. The third-order valence-electron chi connectivity index (χ3n) is 1.89. The molecule has 1 unspecified atom stereocenters. The van der Waals surface area contributed by atoms with Crippen molar-refractivity contribution < 1.29 is 15.3 Å². The first-order valence-electron chi connectivity index (χ1n) is 4.15. The van der Waals surface area contributed by atoms with Crippen LogP contribution in [0.2, 0.25) is 0 Å². The monoisotopic (exact) mass is 177 g/mol. The van der Waals surface area contributed by atoms with Crippen LogP contribution in [0.4, 0.5) is 0 Å². The topological polar surface area (TPSA) is 72.7 Å². The van der Waals surface area contributed by atoms with Gasteiger partial charge in [-0.1, -0.05) is 6.92 Å². The van der Waals surface area contributed by atoms with Gasteiger partial charge in [0.25, 0.3) is 0 Å². The fraction of sp³-hybridized carbons (Fsp3) is 1.00. The molecule has 0 heterocycles. The van der Waals surface area contributed by atoms with Gasteiger partial charge in [-0.15, -0.1) is 0 Å². The van der Waals surface area contributed by atoms with E-state index in [-0.39, 0.29) is 25.7 Å². The maximum Gasteiger partial charge on any atom is 0.0633 e. The highest BCUT2D eigenvalue weighted by atomic mass is 16.3. The molecule has 12 heavy (non-hydrogen) atoms. The van der Waals surface area contributed by atoms with Crippen molar-refractivity contribution in [1.82, 2.24) is 5.32 Å². The van der Waals surface area contributed by atoms with Gasteiger partial charge in [0.15, 0.2) is 0 Å². The van der Waals surface area contributed by atoms with Crippen molar-refractivity contribution in [3.05, 3.63) is 0 Å². The zero-order valence-electron chi connectivity index (χ0n) is 7.75. The molecule has 0 rings (SSSR count). The van der Waals surface area contributed by atoms with Crippen LogP contribution in [-0.4, -0.2) is 47.2 Å². The van der Waals surface area contributed by atoms with Gasteiger partial charge in [0.1, 0.15) is 0 Å². The van der Waals surface area contributed by atoms with E-state index in [1.165, 1.54) is 0 Å². The van der Waals surface area contributed by atoms with Crippen LogP contribution < -0.4 is 5.32 Å². The molecule has 0 saturated carbocycles. The van der Waals surface area contributed by atoms with Crippen LogP contribution in [0.25, 0.3) is 0 Å². The Morgan fingerprint density at radius 3 is 2.08 bits per heavy atom. The summed E-state index contributed by atoms with van der Waals surface area (Å²) in [5.41, 5.74) is -0.635. The minimum atomic E-state index is -0.635. The molecule has 0 radical (unpaired) electrons. The molecule has 1 atom stereocenters. The third kappa shape index (κ3) is 4.01. The predicted octanol–water partition coefficient (Wildman–Crippen LogP) is -1.05. The normalized spacial score (nSPS) is 14.8. The predicted molar refractivity (Wildman–Crippen MR) is 46.8 cm³/mol. The molecule has 0 amide bonds. The van der Waals surface area contributed by atoms with E-state index < -0.39 is 5.54 Å². The van der Waals surface area contributed by atoms with E-state index in [2.05, 4.69) is 5.32 Å². The van der Waals surface area contributed by atoms with Crippen LogP contribution >= 0.6 is 0 Å². The standard InChI is InChI=1S/C8H19NO3/c1-7(4-10)3-9-8(2,5-11)6-12/h7,9-12H,3-6H2,1-2H3. The summed E-state index contributed by atoms with van der Waals surface area (Å²) >= 11 is 0. The summed E-state index contributed by atoms with van der Waals surface area (Å²) in [5.74, 6) is 0.141. The Bertz CT molecular complexity index is 115. The summed E-state index contributed by atoms with van der Waals surface area (Å²) < 4.78 is 0. The molecule has 0 saturated heterocycles. The van der Waals surface area contributed by atoms with E-state index in [4.69, 9.17) is 15.3 Å². The fourth-order valence-electron chi connectivity index (χ4n) is 0.647. The summed E-state index contributed by atoms with van der Waals surface area (Å²) in [6, 6.07) is 0. The summed E-state index contributed by atoms with van der Waals surface area (Å²) in [4.78, 5) is 0. The fourth-order valence-corrected chi connectivity index (χ4v) is 0.647. The van der Waals surface area contributed by atoms with Crippen LogP contribution in [-0.2, 0) is 0 Å². The first-order valence-corrected chi connectivity index (χ1v) is 4.15. The number of hydrogen-bond donors (Lipinski definition) is 4. The molecule has 4 N–H and O–H groups in total.